The van der Waals surface area contributed by atoms with Crippen LogP contribution >= 0.6 is 0 Å². The third-order valence-electron chi connectivity index (χ3n) is 3.46. The highest BCUT2D eigenvalue weighted by atomic mass is 16.5. The first-order valence-electron chi connectivity index (χ1n) is 7.94. The Morgan fingerprint density at radius 1 is 1.25 bits per heavy atom. The number of nitrogens with one attached hydrogen (secondary N) is 1. The fourth-order valence-corrected chi connectivity index (χ4v) is 1.94. The summed E-state index contributed by atoms with van der Waals surface area (Å²) in [5.74, 6) is 1.40. The summed E-state index contributed by atoms with van der Waals surface area (Å²) in [6.45, 7) is 5.38. The van der Waals surface area contributed by atoms with Crippen LogP contribution in [0.4, 0.5) is 5.82 Å². The van der Waals surface area contributed by atoms with E-state index in [1.807, 2.05) is 44.0 Å². The van der Waals surface area contributed by atoms with Crippen LogP contribution < -0.4 is 15.0 Å². The molecule has 2 aromatic rings. The van der Waals surface area contributed by atoms with Crippen molar-refractivity contribution in [2.45, 2.75) is 26.8 Å². The van der Waals surface area contributed by atoms with Crippen molar-refractivity contribution in [1.29, 1.82) is 0 Å². The predicted octanol–water partition coefficient (Wildman–Crippen LogP) is 1.72. The Bertz CT molecular complexity index is 643. The molecule has 0 aromatic carbocycles. The molecule has 128 valence electrons. The van der Waals surface area contributed by atoms with Crippen molar-refractivity contribution in [3.8, 4) is 5.88 Å². The van der Waals surface area contributed by atoms with Gasteiger partial charge in [0.1, 0.15) is 12.4 Å². The minimum absolute atomic E-state index is 0.0348. The van der Waals surface area contributed by atoms with Gasteiger partial charge in [-0.15, -0.1) is 5.10 Å². The SMILES string of the molecule is CCC(=O)NCc1ccc(N(C)CCOc2ccc(C)nn2)nc1. The van der Waals surface area contributed by atoms with Crippen LogP contribution in [0.25, 0.3) is 0 Å². The van der Waals surface area contributed by atoms with Gasteiger partial charge in [0.2, 0.25) is 11.8 Å². The Kier molecular flexibility index (Phi) is 6.48. The molecule has 0 aliphatic carbocycles. The molecule has 0 spiro atoms. The van der Waals surface area contributed by atoms with Crippen LogP contribution in [0, 0.1) is 6.92 Å². The van der Waals surface area contributed by atoms with Crippen molar-refractivity contribution >= 4 is 11.7 Å². The smallest absolute Gasteiger partial charge is 0.233 e. The molecule has 2 aromatic heterocycles. The number of pyridine rings is 1. The summed E-state index contributed by atoms with van der Waals surface area (Å²) in [4.78, 5) is 17.7. The third kappa shape index (κ3) is 5.49. The summed E-state index contributed by atoms with van der Waals surface area (Å²) in [5, 5.41) is 10.7. The average molecular weight is 329 g/mol. The highest BCUT2D eigenvalue weighted by Gasteiger charge is 2.04. The number of ether oxygens (including phenoxy) is 1. The van der Waals surface area contributed by atoms with Gasteiger partial charge in [-0.25, -0.2) is 4.98 Å². The van der Waals surface area contributed by atoms with Crippen LogP contribution in [-0.4, -0.2) is 41.3 Å². The quantitative estimate of drug-likeness (QED) is 0.794. The Labute approximate surface area is 142 Å². The minimum Gasteiger partial charge on any atom is -0.475 e. The summed E-state index contributed by atoms with van der Waals surface area (Å²) in [7, 11) is 1.95. The van der Waals surface area contributed by atoms with E-state index in [2.05, 4.69) is 20.5 Å². The molecule has 0 atom stereocenters. The molecule has 1 N–H and O–H groups in total. The van der Waals surface area contributed by atoms with Crippen LogP contribution in [0.3, 0.4) is 0 Å². The molecule has 1 amide bonds. The molecular formula is C17H23N5O2. The normalized spacial score (nSPS) is 10.3. The second kappa shape index (κ2) is 8.81. The van der Waals surface area contributed by atoms with Gasteiger partial charge in [0, 0.05) is 32.3 Å². The van der Waals surface area contributed by atoms with Gasteiger partial charge < -0.3 is 15.0 Å². The number of rotatable bonds is 8. The number of carbonyl (C=O) groups is 1. The molecule has 0 unspecified atom stereocenters. The largest absolute Gasteiger partial charge is 0.475 e. The lowest BCUT2D eigenvalue weighted by atomic mass is 10.2. The van der Waals surface area contributed by atoms with E-state index in [1.54, 1.807) is 12.3 Å². The number of hydrogen-bond acceptors (Lipinski definition) is 6. The van der Waals surface area contributed by atoms with Crippen LogP contribution in [0.1, 0.15) is 24.6 Å². The molecule has 0 aliphatic heterocycles. The van der Waals surface area contributed by atoms with Crippen molar-refractivity contribution in [2.75, 3.05) is 25.1 Å². The highest BCUT2D eigenvalue weighted by Crippen LogP contribution is 2.10. The maximum Gasteiger partial charge on any atom is 0.233 e. The molecule has 0 radical (unpaired) electrons. The van der Waals surface area contributed by atoms with E-state index in [9.17, 15) is 4.79 Å². The number of likely N-dealkylation sites (N-methyl/N-ethyl adjacent to an activating group) is 1. The number of aryl methyl sites for hydroxylation is 1. The number of amides is 1. The lowest BCUT2D eigenvalue weighted by Gasteiger charge is -2.18. The Morgan fingerprint density at radius 2 is 2.08 bits per heavy atom. The number of carbonyl (C=O) groups excluding carboxylic acids is 1. The Balaban J connectivity index is 1.78. The zero-order valence-electron chi connectivity index (χ0n) is 14.3. The number of aromatic nitrogens is 3. The van der Waals surface area contributed by atoms with Gasteiger partial charge in [-0.05, 0) is 24.6 Å². The van der Waals surface area contributed by atoms with E-state index in [-0.39, 0.29) is 5.91 Å². The van der Waals surface area contributed by atoms with Crippen LogP contribution in [-0.2, 0) is 11.3 Å². The lowest BCUT2D eigenvalue weighted by Crippen LogP contribution is -2.25. The minimum atomic E-state index is 0.0348. The van der Waals surface area contributed by atoms with Gasteiger partial charge in [0.05, 0.1) is 12.2 Å². The maximum atomic E-state index is 11.3. The zero-order valence-corrected chi connectivity index (χ0v) is 14.3. The van der Waals surface area contributed by atoms with Gasteiger partial charge in [-0.3, -0.25) is 4.79 Å². The van der Waals surface area contributed by atoms with Gasteiger partial charge in [0.15, 0.2) is 0 Å². The summed E-state index contributed by atoms with van der Waals surface area (Å²) in [6, 6.07) is 7.56. The zero-order chi connectivity index (χ0) is 17.4. The first-order valence-corrected chi connectivity index (χ1v) is 7.94. The van der Waals surface area contributed by atoms with Crippen molar-refractivity contribution < 1.29 is 9.53 Å². The fourth-order valence-electron chi connectivity index (χ4n) is 1.94. The van der Waals surface area contributed by atoms with E-state index in [1.165, 1.54) is 0 Å². The molecular weight excluding hydrogens is 306 g/mol. The van der Waals surface area contributed by atoms with Gasteiger partial charge in [-0.1, -0.05) is 13.0 Å². The van der Waals surface area contributed by atoms with Crippen LogP contribution in [0.15, 0.2) is 30.5 Å². The second-order valence-corrected chi connectivity index (χ2v) is 5.44. The number of nitrogens with zero attached hydrogens (tertiary/aromatic N) is 4. The molecule has 0 fully saturated rings. The topological polar surface area (TPSA) is 80.2 Å². The van der Waals surface area contributed by atoms with Gasteiger partial charge in [0.25, 0.3) is 0 Å². The van der Waals surface area contributed by atoms with E-state index in [0.717, 1.165) is 17.1 Å². The molecule has 2 rings (SSSR count). The van der Waals surface area contributed by atoms with Crippen LogP contribution in [0.2, 0.25) is 0 Å². The number of hydrogen-bond donors (Lipinski definition) is 1. The Hall–Kier alpha value is -2.70. The molecule has 7 nitrogen and oxygen atoms in total. The third-order valence-corrected chi connectivity index (χ3v) is 3.46. The van der Waals surface area contributed by atoms with Crippen LogP contribution in [0.5, 0.6) is 5.88 Å². The summed E-state index contributed by atoms with van der Waals surface area (Å²) < 4.78 is 5.56. The summed E-state index contributed by atoms with van der Waals surface area (Å²) in [6.07, 6.45) is 2.26. The molecule has 2 heterocycles. The first kappa shape index (κ1) is 17.7. The Morgan fingerprint density at radius 3 is 2.71 bits per heavy atom. The van der Waals surface area contributed by atoms with Crippen molar-refractivity contribution in [3.05, 3.63) is 41.7 Å². The number of anilines is 1. The molecule has 0 saturated heterocycles. The summed E-state index contributed by atoms with van der Waals surface area (Å²) in [5.41, 5.74) is 1.83. The predicted molar refractivity (Wildman–Crippen MR) is 91.9 cm³/mol. The van der Waals surface area contributed by atoms with E-state index < -0.39 is 0 Å². The second-order valence-electron chi connectivity index (χ2n) is 5.44. The lowest BCUT2D eigenvalue weighted by molar-refractivity contribution is -0.120. The van der Waals surface area contributed by atoms with Gasteiger partial charge >= 0.3 is 0 Å². The molecule has 0 saturated carbocycles. The van der Waals surface area contributed by atoms with Crippen molar-refractivity contribution in [3.63, 3.8) is 0 Å². The van der Waals surface area contributed by atoms with Gasteiger partial charge in [-0.2, -0.15) is 5.10 Å². The fraction of sp³-hybridized carbons (Fsp3) is 0.412. The van der Waals surface area contributed by atoms with E-state index in [0.29, 0.717) is 32.0 Å². The molecule has 7 heteroatoms. The van der Waals surface area contributed by atoms with Crippen molar-refractivity contribution in [1.82, 2.24) is 20.5 Å². The van der Waals surface area contributed by atoms with E-state index in [4.69, 9.17) is 4.74 Å². The standard InChI is InChI=1S/C17H23N5O2/c1-4-16(23)19-12-14-6-7-15(18-11-14)22(3)9-10-24-17-8-5-13(2)20-21-17/h5-8,11H,4,9-10,12H2,1-3H3,(H,19,23). The summed E-state index contributed by atoms with van der Waals surface area (Å²) >= 11 is 0. The first-order chi connectivity index (χ1) is 11.6. The highest BCUT2D eigenvalue weighted by molar-refractivity contribution is 5.75. The van der Waals surface area contributed by atoms with E-state index >= 15 is 0 Å². The monoisotopic (exact) mass is 329 g/mol. The average Bonchev–Trinajstić information content (AvgIpc) is 2.61. The van der Waals surface area contributed by atoms with Crippen molar-refractivity contribution in [2.24, 2.45) is 0 Å². The maximum absolute atomic E-state index is 11.3. The molecule has 24 heavy (non-hydrogen) atoms. The molecule has 0 aliphatic rings. The molecule has 0 bridgehead atoms.